The van der Waals surface area contributed by atoms with Crippen molar-refractivity contribution in [3.05, 3.63) is 46.8 Å². The van der Waals surface area contributed by atoms with Crippen molar-refractivity contribution in [3.63, 3.8) is 0 Å². The summed E-state index contributed by atoms with van der Waals surface area (Å²) >= 11 is 0. The van der Waals surface area contributed by atoms with Crippen molar-refractivity contribution in [2.75, 3.05) is 5.32 Å². The van der Waals surface area contributed by atoms with E-state index in [-0.39, 0.29) is 12.3 Å². The highest BCUT2D eigenvalue weighted by atomic mass is 16.4. The van der Waals surface area contributed by atoms with E-state index in [1.807, 2.05) is 12.1 Å². The number of aromatic amines is 1. The molecule has 0 saturated heterocycles. The van der Waals surface area contributed by atoms with E-state index in [2.05, 4.69) is 15.5 Å². The first-order valence-electron chi connectivity index (χ1n) is 6.61. The van der Waals surface area contributed by atoms with E-state index in [0.29, 0.717) is 29.1 Å². The fraction of sp³-hybridized carbons (Fsp3) is 0.267. The Labute approximate surface area is 122 Å². The number of anilines is 1. The van der Waals surface area contributed by atoms with Crippen LogP contribution < -0.4 is 5.32 Å². The second kappa shape index (κ2) is 6.21. The van der Waals surface area contributed by atoms with Crippen LogP contribution in [0.4, 0.5) is 5.69 Å². The molecule has 1 aromatic heterocycles. The van der Waals surface area contributed by atoms with Crippen molar-refractivity contribution in [2.45, 2.75) is 26.7 Å². The number of aliphatic carboxylic acids is 1. The molecular formula is C15H17N3O3. The number of benzene rings is 1. The van der Waals surface area contributed by atoms with E-state index in [4.69, 9.17) is 5.11 Å². The summed E-state index contributed by atoms with van der Waals surface area (Å²) in [5.74, 6) is -1.11. The number of carbonyl (C=O) groups excluding carboxylic acids is 1. The summed E-state index contributed by atoms with van der Waals surface area (Å²) < 4.78 is 0. The van der Waals surface area contributed by atoms with E-state index >= 15 is 0 Å². The van der Waals surface area contributed by atoms with Gasteiger partial charge < -0.3 is 10.4 Å². The predicted molar refractivity (Wildman–Crippen MR) is 78.4 cm³/mol. The molecule has 0 aliphatic rings. The summed E-state index contributed by atoms with van der Waals surface area (Å²) in [7, 11) is 0. The first kappa shape index (κ1) is 14.8. The number of aryl methyl sites for hydroxylation is 3. The predicted octanol–water partition coefficient (Wildman–Crippen LogP) is 2.30. The fourth-order valence-electron chi connectivity index (χ4n) is 2.17. The molecule has 6 nitrogen and oxygen atoms in total. The third-order valence-electron chi connectivity index (χ3n) is 3.23. The number of hydrogen-bond donors (Lipinski definition) is 3. The molecular weight excluding hydrogens is 270 g/mol. The van der Waals surface area contributed by atoms with E-state index < -0.39 is 5.97 Å². The highest BCUT2D eigenvalue weighted by Gasteiger charge is 2.16. The van der Waals surface area contributed by atoms with Gasteiger partial charge in [0.2, 0.25) is 0 Å². The molecule has 0 aliphatic heterocycles. The lowest BCUT2D eigenvalue weighted by Crippen LogP contribution is -2.15. The highest BCUT2D eigenvalue weighted by Crippen LogP contribution is 2.19. The summed E-state index contributed by atoms with van der Waals surface area (Å²) in [6, 6.07) is 7.20. The molecule has 110 valence electrons. The normalized spacial score (nSPS) is 10.4. The summed E-state index contributed by atoms with van der Waals surface area (Å²) in [6.07, 6.45) is 0.395. The molecule has 0 radical (unpaired) electrons. The number of rotatable bonds is 5. The van der Waals surface area contributed by atoms with Crippen LogP contribution in [0.25, 0.3) is 0 Å². The molecule has 6 heteroatoms. The van der Waals surface area contributed by atoms with Gasteiger partial charge in [0.15, 0.2) is 0 Å². The van der Waals surface area contributed by atoms with Crippen molar-refractivity contribution in [1.29, 1.82) is 0 Å². The van der Waals surface area contributed by atoms with Crippen LogP contribution in [-0.2, 0) is 11.2 Å². The Morgan fingerprint density at radius 2 is 2.00 bits per heavy atom. The lowest BCUT2D eigenvalue weighted by molar-refractivity contribution is -0.136. The molecule has 0 saturated carbocycles. The van der Waals surface area contributed by atoms with Crippen LogP contribution in [0.3, 0.4) is 0 Å². The number of nitrogens with one attached hydrogen (secondary N) is 2. The molecule has 1 amide bonds. The molecule has 2 aromatic rings. The van der Waals surface area contributed by atoms with Crippen LogP contribution in [-0.4, -0.2) is 27.2 Å². The second-order valence-electron chi connectivity index (χ2n) is 4.81. The summed E-state index contributed by atoms with van der Waals surface area (Å²) in [5, 5.41) is 18.4. The minimum atomic E-state index is -0.863. The molecule has 0 spiro atoms. The van der Waals surface area contributed by atoms with Crippen molar-refractivity contribution in [1.82, 2.24) is 10.2 Å². The van der Waals surface area contributed by atoms with E-state index in [9.17, 15) is 9.59 Å². The van der Waals surface area contributed by atoms with E-state index in [1.54, 1.807) is 26.0 Å². The number of carboxylic acids is 1. The van der Waals surface area contributed by atoms with Gasteiger partial charge in [-0.2, -0.15) is 5.10 Å². The molecule has 1 heterocycles. The van der Waals surface area contributed by atoms with Gasteiger partial charge in [-0.05, 0) is 31.9 Å². The number of amides is 1. The molecule has 3 N–H and O–H groups in total. The summed E-state index contributed by atoms with van der Waals surface area (Å²) in [4.78, 5) is 23.0. The minimum absolute atomic E-state index is 0.0245. The van der Waals surface area contributed by atoms with Crippen molar-refractivity contribution >= 4 is 17.6 Å². The summed E-state index contributed by atoms with van der Waals surface area (Å²) in [5.41, 5.74) is 3.28. The third-order valence-corrected chi connectivity index (χ3v) is 3.23. The lowest BCUT2D eigenvalue weighted by atomic mass is 10.1. The van der Waals surface area contributed by atoms with Gasteiger partial charge >= 0.3 is 5.97 Å². The molecule has 0 aliphatic carbocycles. The van der Waals surface area contributed by atoms with Gasteiger partial charge in [0.05, 0.1) is 11.3 Å². The van der Waals surface area contributed by atoms with Crippen LogP contribution in [0.2, 0.25) is 0 Å². The number of carboxylic acid groups (broad SMARTS) is 1. The zero-order valence-corrected chi connectivity index (χ0v) is 11.9. The molecule has 0 unspecified atom stereocenters. The smallest absolute Gasteiger partial charge is 0.303 e. The second-order valence-corrected chi connectivity index (χ2v) is 4.81. The number of H-pyrrole nitrogens is 1. The SMILES string of the molecule is Cc1n[nH]c(C)c1C(=O)Nc1ccccc1CCC(=O)O. The van der Waals surface area contributed by atoms with Crippen molar-refractivity contribution < 1.29 is 14.7 Å². The molecule has 1 aromatic carbocycles. The fourth-order valence-corrected chi connectivity index (χ4v) is 2.17. The first-order chi connectivity index (χ1) is 9.99. The van der Waals surface area contributed by atoms with E-state index in [0.717, 1.165) is 5.56 Å². The summed E-state index contributed by atoms with van der Waals surface area (Å²) in [6.45, 7) is 3.54. The van der Waals surface area contributed by atoms with Gasteiger partial charge in [0.25, 0.3) is 5.91 Å². The molecule has 2 rings (SSSR count). The number of aromatic nitrogens is 2. The number of para-hydroxylation sites is 1. The van der Waals surface area contributed by atoms with Crippen LogP contribution in [0.15, 0.2) is 24.3 Å². The molecule has 0 fully saturated rings. The maximum atomic E-state index is 12.3. The Balaban J connectivity index is 2.20. The zero-order chi connectivity index (χ0) is 15.4. The maximum absolute atomic E-state index is 12.3. The highest BCUT2D eigenvalue weighted by molar-refractivity contribution is 6.06. The van der Waals surface area contributed by atoms with Gasteiger partial charge in [-0.15, -0.1) is 0 Å². The van der Waals surface area contributed by atoms with Gasteiger partial charge in [-0.3, -0.25) is 14.7 Å². The van der Waals surface area contributed by atoms with E-state index in [1.165, 1.54) is 0 Å². The van der Waals surface area contributed by atoms with Gasteiger partial charge in [-0.1, -0.05) is 18.2 Å². The monoisotopic (exact) mass is 287 g/mol. The van der Waals surface area contributed by atoms with Crippen LogP contribution in [0.5, 0.6) is 0 Å². The van der Waals surface area contributed by atoms with Crippen molar-refractivity contribution in [3.8, 4) is 0 Å². The topological polar surface area (TPSA) is 95.1 Å². The average molecular weight is 287 g/mol. The maximum Gasteiger partial charge on any atom is 0.303 e. The minimum Gasteiger partial charge on any atom is -0.481 e. The molecule has 21 heavy (non-hydrogen) atoms. The Morgan fingerprint density at radius 3 is 2.62 bits per heavy atom. The Morgan fingerprint density at radius 1 is 1.29 bits per heavy atom. The number of carbonyl (C=O) groups is 2. The van der Waals surface area contributed by atoms with Crippen LogP contribution in [0, 0.1) is 13.8 Å². The molecule has 0 atom stereocenters. The van der Waals surface area contributed by atoms with Gasteiger partial charge in [-0.25, -0.2) is 0 Å². The average Bonchev–Trinajstić information content (AvgIpc) is 2.77. The van der Waals surface area contributed by atoms with Crippen LogP contribution >= 0.6 is 0 Å². The molecule has 0 bridgehead atoms. The van der Waals surface area contributed by atoms with Crippen molar-refractivity contribution in [2.24, 2.45) is 0 Å². The third kappa shape index (κ3) is 3.47. The lowest BCUT2D eigenvalue weighted by Gasteiger charge is -2.10. The quantitative estimate of drug-likeness (QED) is 0.786. The Bertz CT molecular complexity index is 657. The number of nitrogens with zero attached hydrogens (tertiary/aromatic N) is 1. The Kier molecular flexibility index (Phi) is 4.37. The zero-order valence-electron chi connectivity index (χ0n) is 11.9. The largest absolute Gasteiger partial charge is 0.481 e. The first-order valence-corrected chi connectivity index (χ1v) is 6.61. The number of hydrogen-bond acceptors (Lipinski definition) is 3. The standard InChI is InChI=1S/C15H17N3O3/c1-9-14(10(2)18-17-9)15(21)16-12-6-4-3-5-11(12)7-8-13(19)20/h3-6H,7-8H2,1-2H3,(H,16,21)(H,17,18)(H,19,20). The van der Waals surface area contributed by atoms with Gasteiger partial charge in [0.1, 0.15) is 0 Å². The van der Waals surface area contributed by atoms with Crippen LogP contribution in [0.1, 0.15) is 33.7 Å². The Hall–Kier alpha value is -2.63. The van der Waals surface area contributed by atoms with Gasteiger partial charge in [0, 0.05) is 17.8 Å².